The van der Waals surface area contributed by atoms with E-state index in [0.29, 0.717) is 11.3 Å². The summed E-state index contributed by atoms with van der Waals surface area (Å²) in [6.07, 6.45) is -2.12. The number of hydrogen-bond acceptors (Lipinski definition) is 12. The Morgan fingerprint density at radius 1 is 1.10 bits per heavy atom. The number of phenolic OH excluding ortho intramolecular Hbond substituents is 1. The first-order chi connectivity index (χ1) is 17.7. The number of benzene rings is 1. The molecule has 16 heteroatoms. The minimum atomic E-state index is -4.67. The second-order valence-corrected chi connectivity index (χ2v) is 11.2. The van der Waals surface area contributed by atoms with Crippen LogP contribution in [0.3, 0.4) is 0 Å². The Bertz CT molecular complexity index is 1380. The molecule has 39 heavy (non-hydrogen) atoms. The molecule has 5 atom stereocenters. The van der Waals surface area contributed by atoms with Crippen LogP contribution in [0.4, 0.5) is 11.4 Å². The zero-order valence-corrected chi connectivity index (χ0v) is 22.4. The number of nitrogen functional groups attached to an aromatic ring is 1. The molecule has 3 aliphatic carbocycles. The Hall–Kier alpha value is -3.28. The van der Waals surface area contributed by atoms with Crippen LogP contribution in [0.15, 0.2) is 17.4 Å². The van der Waals surface area contributed by atoms with Crippen molar-refractivity contribution in [2.45, 2.75) is 36.5 Å². The van der Waals surface area contributed by atoms with E-state index in [4.69, 9.17) is 29.0 Å². The minimum Gasteiger partial charge on any atom is -0.508 e. The quantitative estimate of drug-likeness (QED) is 0.115. The third-order valence-electron chi connectivity index (χ3n) is 7.84. The van der Waals surface area contributed by atoms with Crippen molar-refractivity contribution in [3.05, 3.63) is 28.5 Å². The van der Waals surface area contributed by atoms with Crippen LogP contribution in [-0.2, 0) is 26.4 Å². The maximum Gasteiger partial charge on any atom is 0.394 e. The number of primary amides is 1. The third kappa shape index (κ3) is 4.52. The number of phenols is 1. The largest absolute Gasteiger partial charge is 0.508 e. The van der Waals surface area contributed by atoms with E-state index in [9.17, 15) is 34.8 Å². The molecule has 1 saturated carbocycles. The first-order valence-electron chi connectivity index (χ1n) is 11.6. The lowest BCUT2D eigenvalue weighted by atomic mass is 9.53. The summed E-state index contributed by atoms with van der Waals surface area (Å²) in [5.41, 5.74) is 7.92. The molecule has 1 aromatic carbocycles. The molecular formula is C23H32N4O11S. The number of ketones is 2. The van der Waals surface area contributed by atoms with Gasteiger partial charge in [0.2, 0.25) is 5.91 Å². The van der Waals surface area contributed by atoms with Crippen LogP contribution < -0.4 is 16.4 Å². The summed E-state index contributed by atoms with van der Waals surface area (Å²) in [4.78, 5) is 42.5. The van der Waals surface area contributed by atoms with E-state index >= 15 is 0 Å². The number of aromatic hydroxyl groups is 1. The molecule has 15 nitrogen and oxygen atoms in total. The first-order valence-corrected chi connectivity index (χ1v) is 13.0. The van der Waals surface area contributed by atoms with E-state index in [1.807, 2.05) is 0 Å². The van der Waals surface area contributed by atoms with Gasteiger partial charge in [-0.25, -0.2) is 0 Å². The highest BCUT2D eigenvalue weighted by molar-refractivity contribution is 7.79. The Balaban J connectivity index is 0.000000771. The molecule has 0 aromatic heterocycles. The standard InChI is InChI=1S/C23H30N4O7.H2O4S/c1-26(2)12-7-11(24)18(30)17-10(12)5-9-6-13-22(21(25)33,27(3)4)14(28)8-15(29)23(13,34)20(32)16(9)19(17)31;1-5(2,3)4/h7,9,13-14,28,30,32,34H,5-6,8,24H2,1-4H3,(H2,25,33);(H2,1,2,3,4). The van der Waals surface area contributed by atoms with Crippen molar-refractivity contribution < 1.29 is 52.3 Å². The van der Waals surface area contributed by atoms with E-state index in [-0.39, 0.29) is 29.7 Å². The van der Waals surface area contributed by atoms with Crippen LogP contribution >= 0.6 is 0 Å². The van der Waals surface area contributed by atoms with Crippen molar-refractivity contribution >= 4 is 39.2 Å². The van der Waals surface area contributed by atoms with Gasteiger partial charge in [0, 0.05) is 37.7 Å². The number of rotatable bonds is 3. The number of allylic oxidation sites excluding steroid dienone is 1. The molecule has 0 aliphatic heterocycles. The van der Waals surface area contributed by atoms with Crippen molar-refractivity contribution in [1.82, 2.24) is 4.90 Å². The summed E-state index contributed by atoms with van der Waals surface area (Å²) in [5, 5.41) is 44.3. The predicted octanol–water partition coefficient (Wildman–Crippen LogP) is -1.57. The Labute approximate surface area is 223 Å². The molecule has 10 N–H and O–H groups in total. The molecule has 0 spiro atoms. The lowest BCUT2D eigenvalue weighted by molar-refractivity contribution is -0.188. The zero-order chi connectivity index (χ0) is 30.0. The number of carbonyl (C=O) groups excluding carboxylic acids is 3. The number of nitrogens with zero attached hydrogens (tertiary/aromatic N) is 2. The number of hydrogen-bond donors (Lipinski definition) is 8. The fraction of sp³-hybridized carbons (Fsp3) is 0.522. The lowest BCUT2D eigenvalue weighted by Gasteiger charge is -2.57. The number of aliphatic hydroxyl groups is 3. The van der Waals surface area contributed by atoms with E-state index in [2.05, 4.69) is 0 Å². The summed E-state index contributed by atoms with van der Waals surface area (Å²) in [6, 6.07) is 1.54. The predicted molar refractivity (Wildman–Crippen MR) is 137 cm³/mol. The monoisotopic (exact) mass is 572 g/mol. The van der Waals surface area contributed by atoms with E-state index < -0.39 is 74.9 Å². The molecule has 1 aromatic rings. The van der Waals surface area contributed by atoms with Gasteiger partial charge in [-0.05, 0) is 44.5 Å². The van der Waals surface area contributed by atoms with Crippen LogP contribution in [0.2, 0.25) is 0 Å². The maximum atomic E-state index is 13.6. The summed E-state index contributed by atoms with van der Waals surface area (Å²) < 4.78 is 31.6. The number of aliphatic hydroxyl groups excluding tert-OH is 2. The molecule has 4 rings (SSSR count). The van der Waals surface area contributed by atoms with Crippen molar-refractivity contribution in [3.63, 3.8) is 0 Å². The van der Waals surface area contributed by atoms with Crippen molar-refractivity contribution in [2.24, 2.45) is 17.6 Å². The SMILES string of the molecule is CN(C)c1cc(N)c(O)c2c1CC1CC3C(O)(C(=O)CC(O)C3(C(N)=O)N(C)C)C(O)=C1C2=O.O=S(=O)(O)O. The number of fused-ring (bicyclic) bond motifs is 3. The van der Waals surface area contributed by atoms with Crippen LogP contribution in [0.25, 0.3) is 0 Å². The van der Waals surface area contributed by atoms with Crippen LogP contribution in [0, 0.1) is 11.8 Å². The van der Waals surface area contributed by atoms with Gasteiger partial charge < -0.3 is 36.8 Å². The highest BCUT2D eigenvalue weighted by Crippen LogP contribution is 2.55. The van der Waals surface area contributed by atoms with Gasteiger partial charge in [-0.15, -0.1) is 0 Å². The van der Waals surface area contributed by atoms with Gasteiger partial charge in [0.05, 0.1) is 17.4 Å². The topological polar surface area (TPSA) is 265 Å². The molecule has 0 radical (unpaired) electrons. The van der Waals surface area contributed by atoms with E-state index in [0.717, 1.165) is 0 Å². The van der Waals surface area contributed by atoms with E-state index in [1.165, 1.54) is 25.1 Å². The van der Waals surface area contributed by atoms with Gasteiger partial charge in [0.15, 0.2) is 17.2 Å². The Morgan fingerprint density at radius 3 is 2.10 bits per heavy atom. The molecule has 1 fully saturated rings. The van der Waals surface area contributed by atoms with Gasteiger partial charge >= 0.3 is 10.4 Å². The molecular weight excluding hydrogens is 540 g/mol. The summed E-state index contributed by atoms with van der Waals surface area (Å²) in [5.74, 6) is -5.99. The van der Waals surface area contributed by atoms with Gasteiger partial charge in [-0.2, -0.15) is 8.42 Å². The van der Waals surface area contributed by atoms with Crippen molar-refractivity contribution in [2.75, 3.05) is 38.8 Å². The number of amides is 1. The normalized spacial score (nSPS) is 30.1. The fourth-order valence-corrected chi connectivity index (χ4v) is 6.27. The fourth-order valence-electron chi connectivity index (χ4n) is 6.27. The Kier molecular flexibility index (Phi) is 7.55. The number of likely N-dealkylation sites (N-methyl/N-ethyl adjacent to an activating group) is 1. The van der Waals surface area contributed by atoms with Crippen LogP contribution in [0.1, 0.15) is 28.8 Å². The Morgan fingerprint density at radius 2 is 1.64 bits per heavy atom. The minimum absolute atomic E-state index is 0.0287. The van der Waals surface area contributed by atoms with E-state index in [1.54, 1.807) is 19.0 Å². The van der Waals surface area contributed by atoms with Crippen LogP contribution in [-0.4, -0.2) is 106 Å². The summed E-state index contributed by atoms with van der Waals surface area (Å²) in [7, 11) is 1.82. The highest BCUT2D eigenvalue weighted by Gasteiger charge is 2.70. The van der Waals surface area contributed by atoms with Gasteiger partial charge in [0.25, 0.3) is 0 Å². The second kappa shape index (κ2) is 9.72. The molecule has 0 heterocycles. The van der Waals surface area contributed by atoms with Gasteiger partial charge in [-0.3, -0.25) is 28.4 Å². The number of carbonyl (C=O) groups is 3. The second-order valence-electron chi connectivity index (χ2n) is 10.3. The summed E-state index contributed by atoms with van der Waals surface area (Å²) >= 11 is 0. The highest BCUT2D eigenvalue weighted by atomic mass is 32.3. The lowest BCUT2D eigenvalue weighted by Crippen LogP contribution is -2.77. The van der Waals surface area contributed by atoms with Crippen molar-refractivity contribution in [1.29, 1.82) is 0 Å². The molecule has 3 aliphatic rings. The summed E-state index contributed by atoms with van der Waals surface area (Å²) in [6.45, 7) is 0. The number of nitrogens with two attached hydrogens (primary N) is 2. The first kappa shape index (κ1) is 30.3. The number of Topliss-reactive ketones (excluding diaryl/α,β-unsaturated/α-hetero) is 2. The van der Waals surface area contributed by atoms with Gasteiger partial charge in [-0.1, -0.05) is 0 Å². The van der Waals surface area contributed by atoms with Crippen LogP contribution in [0.5, 0.6) is 5.75 Å². The molecule has 0 bridgehead atoms. The molecule has 5 unspecified atom stereocenters. The molecule has 1 amide bonds. The smallest absolute Gasteiger partial charge is 0.394 e. The zero-order valence-electron chi connectivity index (χ0n) is 21.6. The third-order valence-corrected chi connectivity index (χ3v) is 7.84. The molecule has 0 saturated heterocycles. The average molecular weight is 573 g/mol. The van der Waals surface area contributed by atoms with Crippen molar-refractivity contribution in [3.8, 4) is 5.75 Å². The van der Waals surface area contributed by atoms with Gasteiger partial charge in [0.1, 0.15) is 17.0 Å². The molecule has 216 valence electrons. The average Bonchev–Trinajstić information content (AvgIpc) is 2.76. The number of anilines is 2. The maximum absolute atomic E-state index is 13.6.